The lowest BCUT2D eigenvalue weighted by molar-refractivity contribution is 0.275. The standard InChI is InChI=1S/C15H26N2S/c1-11-8-12-13(16)9-15(2,3)10-14(12)17(11)6-5-7-18-4/h8,13H,5-7,9-10,16H2,1-4H3. The normalized spacial score (nSPS) is 21.9. The van der Waals surface area contributed by atoms with Crippen molar-refractivity contribution in [3.63, 3.8) is 0 Å². The van der Waals surface area contributed by atoms with Crippen LogP contribution in [0.25, 0.3) is 0 Å². The van der Waals surface area contributed by atoms with Gasteiger partial charge in [0.05, 0.1) is 0 Å². The van der Waals surface area contributed by atoms with E-state index in [0.29, 0.717) is 5.41 Å². The van der Waals surface area contributed by atoms with Gasteiger partial charge in [0, 0.05) is 24.0 Å². The molecule has 0 spiro atoms. The van der Waals surface area contributed by atoms with E-state index in [1.165, 1.54) is 35.5 Å². The topological polar surface area (TPSA) is 30.9 Å². The minimum Gasteiger partial charge on any atom is -0.348 e. The zero-order valence-corrected chi connectivity index (χ0v) is 12.9. The molecule has 2 rings (SSSR count). The molecular formula is C15H26N2S. The van der Waals surface area contributed by atoms with Crippen molar-refractivity contribution < 1.29 is 0 Å². The van der Waals surface area contributed by atoms with Crippen molar-refractivity contribution >= 4 is 11.8 Å². The van der Waals surface area contributed by atoms with E-state index in [4.69, 9.17) is 5.73 Å². The first-order valence-electron chi connectivity index (χ1n) is 6.88. The van der Waals surface area contributed by atoms with Gasteiger partial charge in [-0.05, 0) is 55.2 Å². The van der Waals surface area contributed by atoms with E-state index in [1.807, 2.05) is 11.8 Å². The van der Waals surface area contributed by atoms with E-state index in [2.05, 4.69) is 37.7 Å². The van der Waals surface area contributed by atoms with E-state index in [9.17, 15) is 0 Å². The van der Waals surface area contributed by atoms with Crippen LogP contribution >= 0.6 is 11.8 Å². The zero-order valence-electron chi connectivity index (χ0n) is 12.1. The highest BCUT2D eigenvalue weighted by atomic mass is 32.2. The first-order chi connectivity index (χ1) is 8.44. The summed E-state index contributed by atoms with van der Waals surface area (Å²) in [6.07, 6.45) is 5.70. The van der Waals surface area contributed by atoms with E-state index >= 15 is 0 Å². The second-order valence-corrected chi connectivity index (χ2v) is 7.32. The third kappa shape index (κ3) is 2.77. The Morgan fingerprint density at radius 1 is 1.50 bits per heavy atom. The maximum absolute atomic E-state index is 6.34. The molecule has 0 aromatic carbocycles. The van der Waals surface area contributed by atoms with Crippen LogP contribution in [0.2, 0.25) is 0 Å². The van der Waals surface area contributed by atoms with Crippen molar-refractivity contribution in [3.8, 4) is 0 Å². The van der Waals surface area contributed by atoms with Gasteiger partial charge in [0.1, 0.15) is 0 Å². The molecule has 0 saturated heterocycles. The van der Waals surface area contributed by atoms with Crippen LogP contribution in [0.5, 0.6) is 0 Å². The Bertz CT molecular complexity index is 420. The quantitative estimate of drug-likeness (QED) is 0.845. The fraction of sp³-hybridized carbons (Fsp3) is 0.733. The number of nitrogens with zero attached hydrogens (tertiary/aromatic N) is 1. The second kappa shape index (κ2) is 5.30. The maximum atomic E-state index is 6.34. The van der Waals surface area contributed by atoms with Gasteiger partial charge in [-0.25, -0.2) is 0 Å². The SMILES string of the molecule is CSCCCn1c(C)cc2c1CC(C)(C)CC2N. The van der Waals surface area contributed by atoms with Crippen LogP contribution < -0.4 is 5.73 Å². The lowest BCUT2D eigenvalue weighted by atomic mass is 9.74. The van der Waals surface area contributed by atoms with Crippen molar-refractivity contribution in [2.45, 2.75) is 52.6 Å². The van der Waals surface area contributed by atoms with Crippen molar-refractivity contribution in [1.82, 2.24) is 4.57 Å². The third-order valence-electron chi connectivity index (χ3n) is 4.00. The fourth-order valence-electron chi connectivity index (χ4n) is 3.18. The van der Waals surface area contributed by atoms with Crippen molar-refractivity contribution in [2.24, 2.45) is 11.1 Å². The molecular weight excluding hydrogens is 240 g/mol. The molecule has 3 heteroatoms. The molecule has 0 saturated carbocycles. The number of thioether (sulfide) groups is 1. The fourth-order valence-corrected chi connectivity index (χ4v) is 3.60. The summed E-state index contributed by atoms with van der Waals surface area (Å²) in [6.45, 7) is 8.04. The van der Waals surface area contributed by atoms with E-state index in [0.717, 1.165) is 13.0 Å². The largest absolute Gasteiger partial charge is 0.348 e. The van der Waals surface area contributed by atoms with Crippen LogP contribution in [-0.4, -0.2) is 16.6 Å². The van der Waals surface area contributed by atoms with Crippen LogP contribution in [0.1, 0.15) is 49.7 Å². The molecule has 18 heavy (non-hydrogen) atoms. The van der Waals surface area contributed by atoms with Gasteiger partial charge in [0.15, 0.2) is 0 Å². The summed E-state index contributed by atoms with van der Waals surface area (Å²) in [5, 5.41) is 0. The summed E-state index contributed by atoms with van der Waals surface area (Å²) in [7, 11) is 0. The molecule has 2 nitrogen and oxygen atoms in total. The number of hydrogen-bond donors (Lipinski definition) is 1. The molecule has 1 aromatic heterocycles. The van der Waals surface area contributed by atoms with Crippen molar-refractivity contribution in [3.05, 3.63) is 23.0 Å². The summed E-state index contributed by atoms with van der Waals surface area (Å²) >= 11 is 1.93. The Balaban J connectivity index is 2.26. The maximum Gasteiger partial charge on any atom is 0.0318 e. The molecule has 1 aromatic rings. The zero-order chi connectivity index (χ0) is 13.3. The average Bonchev–Trinajstić information content (AvgIpc) is 2.56. The number of nitrogens with two attached hydrogens (primary N) is 1. The lowest BCUT2D eigenvalue weighted by Crippen LogP contribution is -2.30. The molecule has 0 amide bonds. The van der Waals surface area contributed by atoms with E-state index in [-0.39, 0.29) is 6.04 Å². The van der Waals surface area contributed by atoms with E-state index in [1.54, 1.807) is 0 Å². The monoisotopic (exact) mass is 266 g/mol. The van der Waals surface area contributed by atoms with Crippen molar-refractivity contribution in [1.29, 1.82) is 0 Å². The molecule has 1 heterocycles. The summed E-state index contributed by atoms with van der Waals surface area (Å²) in [5.41, 5.74) is 11.0. The van der Waals surface area contributed by atoms with Gasteiger partial charge < -0.3 is 10.3 Å². The van der Waals surface area contributed by atoms with Gasteiger partial charge in [-0.2, -0.15) is 11.8 Å². The smallest absolute Gasteiger partial charge is 0.0318 e. The summed E-state index contributed by atoms with van der Waals surface area (Å²) < 4.78 is 2.51. The highest BCUT2D eigenvalue weighted by molar-refractivity contribution is 7.98. The molecule has 2 N–H and O–H groups in total. The molecule has 0 fully saturated rings. The molecule has 0 aliphatic heterocycles. The minimum absolute atomic E-state index is 0.226. The molecule has 1 unspecified atom stereocenters. The predicted molar refractivity (Wildman–Crippen MR) is 81.2 cm³/mol. The molecule has 1 atom stereocenters. The second-order valence-electron chi connectivity index (χ2n) is 6.34. The van der Waals surface area contributed by atoms with Gasteiger partial charge >= 0.3 is 0 Å². The van der Waals surface area contributed by atoms with Crippen LogP contribution in [0.4, 0.5) is 0 Å². The first-order valence-corrected chi connectivity index (χ1v) is 8.27. The van der Waals surface area contributed by atoms with Crippen LogP contribution in [0.15, 0.2) is 6.07 Å². The summed E-state index contributed by atoms with van der Waals surface area (Å²) in [5.74, 6) is 1.24. The summed E-state index contributed by atoms with van der Waals surface area (Å²) in [6, 6.07) is 2.54. The van der Waals surface area contributed by atoms with Crippen LogP contribution in [0, 0.1) is 12.3 Å². The third-order valence-corrected chi connectivity index (χ3v) is 4.69. The van der Waals surface area contributed by atoms with Crippen molar-refractivity contribution in [2.75, 3.05) is 12.0 Å². The Kier molecular flexibility index (Phi) is 4.12. The summed E-state index contributed by atoms with van der Waals surface area (Å²) in [4.78, 5) is 0. The Morgan fingerprint density at radius 3 is 2.89 bits per heavy atom. The number of rotatable bonds is 4. The molecule has 0 bridgehead atoms. The Labute approximate surface area is 115 Å². The molecule has 1 aliphatic carbocycles. The van der Waals surface area contributed by atoms with Crippen LogP contribution in [-0.2, 0) is 13.0 Å². The minimum atomic E-state index is 0.226. The molecule has 102 valence electrons. The van der Waals surface area contributed by atoms with Gasteiger partial charge in [-0.3, -0.25) is 0 Å². The number of aryl methyl sites for hydroxylation is 1. The highest BCUT2D eigenvalue weighted by Gasteiger charge is 2.32. The van der Waals surface area contributed by atoms with Crippen LogP contribution in [0.3, 0.4) is 0 Å². The van der Waals surface area contributed by atoms with Gasteiger partial charge in [-0.1, -0.05) is 13.8 Å². The Morgan fingerprint density at radius 2 is 2.22 bits per heavy atom. The lowest BCUT2D eigenvalue weighted by Gasteiger charge is -2.34. The van der Waals surface area contributed by atoms with Gasteiger partial charge in [0.2, 0.25) is 0 Å². The number of fused-ring (bicyclic) bond motifs is 1. The number of aromatic nitrogens is 1. The molecule has 0 radical (unpaired) electrons. The highest BCUT2D eigenvalue weighted by Crippen LogP contribution is 2.40. The van der Waals surface area contributed by atoms with E-state index < -0.39 is 0 Å². The average molecular weight is 266 g/mol. The molecule has 1 aliphatic rings. The first kappa shape index (κ1) is 14.0. The number of hydrogen-bond acceptors (Lipinski definition) is 2. The van der Waals surface area contributed by atoms with Gasteiger partial charge in [-0.15, -0.1) is 0 Å². The van der Waals surface area contributed by atoms with Gasteiger partial charge in [0.25, 0.3) is 0 Å². The Hall–Kier alpha value is -0.410. The predicted octanol–water partition coefficient (Wildman–Crippen LogP) is 3.52.